The fourth-order valence-corrected chi connectivity index (χ4v) is 2.08. The lowest BCUT2D eigenvalue weighted by molar-refractivity contribution is 0.102. The Bertz CT molecular complexity index is 724. The molecule has 1 amide bonds. The molecule has 2 rings (SSSR count). The van der Waals surface area contributed by atoms with Gasteiger partial charge in [0.2, 0.25) is 11.1 Å². The third-order valence-electron chi connectivity index (χ3n) is 3.03. The number of amides is 1. The summed E-state index contributed by atoms with van der Waals surface area (Å²) in [4.78, 5) is 15.6. The Kier molecular flexibility index (Phi) is 5.53. The van der Waals surface area contributed by atoms with E-state index in [1.165, 1.54) is 0 Å². The van der Waals surface area contributed by atoms with Gasteiger partial charge >= 0.3 is 5.69 Å². The predicted molar refractivity (Wildman–Crippen MR) is 87.9 cm³/mol. The number of hydrogen-bond donors (Lipinski definition) is 1. The normalized spacial score (nSPS) is 9.78. The number of rotatable bonds is 6. The summed E-state index contributed by atoms with van der Waals surface area (Å²) in [7, 11) is 0. The minimum absolute atomic E-state index is 0.196. The SMILES string of the molecule is CCOc1cc([N+]#N)c(OCC)c(NC(=O)c2ccccc2)c1. The zero-order valence-electron chi connectivity index (χ0n) is 13.1. The van der Waals surface area contributed by atoms with Crippen LogP contribution in [-0.4, -0.2) is 19.1 Å². The van der Waals surface area contributed by atoms with E-state index < -0.39 is 0 Å². The summed E-state index contributed by atoms with van der Waals surface area (Å²) in [6.07, 6.45) is 0. The van der Waals surface area contributed by atoms with E-state index in [0.29, 0.717) is 36.0 Å². The number of ether oxygens (including phenoxy) is 2. The molecule has 0 spiro atoms. The van der Waals surface area contributed by atoms with Crippen LogP contribution in [0.3, 0.4) is 0 Å². The molecule has 0 bridgehead atoms. The van der Waals surface area contributed by atoms with Crippen molar-refractivity contribution in [2.24, 2.45) is 0 Å². The summed E-state index contributed by atoms with van der Waals surface area (Å²) in [6.45, 7) is 4.46. The van der Waals surface area contributed by atoms with Crippen LogP contribution in [0.1, 0.15) is 24.2 Å². The molecule has 2 aromatic carbocycles. The number of carbonyl (C=O) groups is 1. The first-order valence-electron chi connectivity index (χ1n) is 7.34. The maximum Gasteiger partial charge on any atom is 0.432 e. The van der Waals surface area contributed by atoms with E-state index in [1.807, 2.05) is 13.0 Å². The van der Waals surface area contributed by atoms with Crippen LogP contribution >= 0.6 is 0 Å². The summed E-state index contributed by atoms with van der Waals surface area (Å²) >= 11 is 0. The maximum absolute atomic E-state index is 12.3. The topological polar surface area (TPSA) is 75.7 Å². The van der Waals surface area contributed by atoms with Crippen molar-refractivity contribution in [3.05, 3.63) is 53.0 Å². The van der Waals surface area contributed by atoms with Crippen LogP contribution in [-0.2, 0) is 0 Å². The third-order valence-corrected chi connectivity index (χ3v) is 3.03. The van der Waals surface area contributed by atoms with Gasteiger partial charge in [-0.1, -0.05) is 18.2 Å². The summed E-state index contributed by atoms with van der Waals surface area (Å²) in [5.41, 5.74) is 1.10. The van der Waals surface area contributed by atoms with Gasteiger partial charge in [-0.2, -0.15) is 0 Å². The van der Waals surface area contributed by atoms with Crippen LogP contribution in [0.5, 0.6) is 11.5 Å². The van der Waals surface area contributed by atoms with E-state index in [1.54, 1.807) is 43.3 Å². The van der Waals surface area contributed by atoms with Crippen LogP contribution in [0, 0.1) is 5.39 Å². The highest BCUT2D eigenvalue weighted by Gasteiger charge is 2.24. The largest absolute Gasteiger partial charge is 0.493 e. The Hall–Kier alpha value is -3.07. The molecular formula is C17H18N3O3+. The summed E-state index contributed by atoms with van der Waals surface area (Å²) in [5.74, 6) is 0.485. The molecule has 0 aliphatic rings. The van der Waals surface area contributed by atoms with E-state index in [-0.39, 0.29) is 11.6 Å². The molecule has 23 heavy (non-hydrogen) atoms. The van der Waals surface area contributed by atoms with Crippen molar-refractivity contribution in [3.63, 3.8) is 0 Å². The molecule has 6 heteroatoms. The van der Waals surface area contributed by atoms with Crippen LogP contribution in [0.2, 0.25) is 0 Å². The highest BCUT2D eigenvalue weighted by molar-refractivity contribution is 6.05. The van der Waals surface area contributed by atoms with Gasteiger partial charge in [-0.05, 0) is 26.0 Å². The smallest absolute Gasteiger partial charge is 0.432 e. The number of nitrogens with zero attached hydrogens (tertiary/aromatic N) is 2. The molecule has 0 unspecified atom stereocenters. The van der Waals surface area contributed by atoms with E-state index in [2.05, 4.69) is 10.3 Å². The lowest BCUT2D eigenvalue weighted by Gasteiger charge is -2.11. The number of benzene rings is 2. The molecule has 6 nitrogen and oxygen atoms in total. The van der Waals surface area contributed by atoms with Gasteiger partial charge in [0.05, 0.1) is 25.0 Å². The Balaban J connectivity index is 2.40. The number of carbonyl (C=O) groups excluding carboxylic acids is 1. The van der Waals surface area contributed by atoms with Crippen LogP contribution in [0.15, 0.2) is 42.5 Å². The van der Waals surface area contributed by atoms with Crippen molar-refractivity contribution >= 4 is 17.3 Å². The monoisotopic (exact) mass is 312 g/mol. The number of hydrogen-bond acceptors (Lipinski definition) is 4. The van der Waals surface area contributed by atoms with Gasteiger partial charge in [-0.15, -0.1) is 0 Å². The summed E-state index contributed by atoms with van der Waals surface area (Å²) < 4.78 is 10.9. The Morgan fingerprint density at radius 3 is 2.43 bits per heavy atom. The molecule has 118 valence electrons. The minimum Gasteiger partial charge on any atom is -0.493 e. The average molecular weight is 312 g/mol. The van der Waals surface area contributed by atoms with Crippen LogP contribution in [0.4, 0.5) is 11.4 Å². The van der Waals surface area contributed by atoms with E-state index >= 15 is 0 Å². The van der Waals surface area contributed by atoms with Gasteiger partial charge in [0.15, 0.2) is 4.98 Å². The molecular weight excluding hydrogens is 294 g/mol. The minimum atomic E-state index is -0.288. The van der Waals surface area contributed by atoms with E-state index in [9.17, 15) is 10.2 Å². The first-order chi connectivity index (χ1) is 11.2. The molecule has 0 aliphatic heterocycles. The Morgan fingerprint density at radius 2 is 1.83 bits per heavy atom. The molecule has 0 heterocycles. The van der Waals surface area contributed by atoms with Gasteiger partial charge in [0, 0.05) is 11.6 Å². The lowest BCUT2D eigenvalue weighted by atomic mass is 10.2. The van der Waals surface area contributed by atoms with Gasteiger partial charge in [0.25, 0.3) is 5.91 Å². The van der Waals surface area contributed by atoms with Gasteiger partial charge in [-0.3, -0.25) is 4.79 Å². The molecule has 1 N–H and O–H groups in total. The highest BCUT2D eigenvalue weighted by atomic mass is 16.5. The second-order valence-electron chi connectivity index (χ2n) is 4.61. The van der Waals surface area contributed by atoms with Crippen LogP contribution in [0.25, 0.3) is 4.98 Å². The zero-order chi connectivity index (χ0) is 16.7. The maximum atomic E-state index is 12.3. The van der Waals surface area contributed by atoms with Crippen LogP contribution < -0.4 is 14.8 Å². The second kappa shape index (κ2) is 7.80. The fraction of sp³-hybridized carbons (Fsp3) is 0.235. The average Bonchev–Trinajstić information content (AvgIpc) is 2.58. The molecule has 0 fully saturated rings. The summed E-state index contributed by atoms with van der Waals surface area (Å²) in [6, 6.07) is 12.0. The first-order valence-corrected chi connectivity index (χ1v) is 7.34. The van der Waals surface area contributed by atoms with Gasteiger partial charge in [-0.25, -0.2) is 0 Å². The van der Waals surface area contributed by atoms with Crippen molar-refractivity contribution in [3.8, 4) is 11.5 Å². The number of diazo groups is 1. The van der Waals surface area contributed by atoms with Crippen molar-refractivity contribution in [2.75, 3.05) is 18.5 Å². The third kappa shape index (κ3) is 3.98. The van der Waals surface area contributed by atoms with Gasteiger partial charge in [0.1, 0.15) is 5.75 Å². The number of anilines is 1. The Labute approximate surface area is 134 Å². The molecule has 0 aliphatic carbocycles. The zero-order valence-corrected chi connectivity index (χ0v) is 13.1. The fourth-order valence-electron chi connectivity index (χ4n) is 2.08. The molecule has 0 radical (unpaired) electrons. The lowest BCUT2D eigenvalue weighted by Crippen LogP contribution is -2.13. The quantitative estimate of drug-likeness (QED) is 0.810. The van der Waals surface area contributed by atoms with Crippen molar-refractivity contribution in [2.45, 2.75) is 13.8 Å². The Morgan fingerprint density at radius 1 is 1.13 bits per heavy atom. The second-order valence-corrected chi connectivity index (χ2v) is 4.61. The van der Waals surface area contributed by atoms with Gasteiger partial charge < -0.3 is 14.8 Å². The molecule has 0 saturated heterocycles. The predicted octanol–water partition coefficient (Wildman–Crippen LogP) is 4.22. The molecule has 0 aromatic heterocycles. The molecule has 0 atom stereocenters. The first kappa shape index (κ1) is 16.3. The summed E-state index contributed by atoms with van der Waals surface area (Å²) in [5, 5.41) is 12.0. The van der Waals surface area contributed by atoms with Crippen molar-refractivity contribution in [1.29, 1.82) is 5.39 Å². The standard InChI is InChI=1S/C17H17N3O3/c1-3-22-13-10-14(16(23-4-2)15(11-13)20-18)19-17(21)12-8-6-5-7-9-12/h5-11H,3-4H2,1-2H3/p+1. The van der Waals surface area contributed by atoms with Crippen molar-refractivity contribution in [1.82, 2.24) is 0 Å². The van der Waals surface area contributed by atoms with Crippen molar-refractivity contribution < 1.29 is 14.3 Å². The van der Waals surface area contributed by atoms with E-state index in [4.69, 9.17) is 9.47 Å². The molecule has 0 saturated carbocycles. The number of nitrogens with one attached hydrogen (secondary N) is 1. The highest BCUT2D eigenvalue weighted by Crippen LogP contribution is 2.40. The van der Waals surface area contributed by atoms with E-state index in [0.717, 1.165) is 0 Å². The molecule has 2 aromatic rings.